The highest BCUT2D eigenvalue weighted by molar-refractivity contribution is 9.10. The van der Waals surface area contributed by atoms with E-state index in [9.17, 15) is 9.90 Å². The summed E-state index contributed by atoms with van der Waals surface area (Å²) in [5.41, 5.74) is 1.52. The molecule has 1 aromatic carbocycles. The molecule has 1 saturated carbocycles. The number of carboxylic acid groups (broad SMARTS) is 1. The molecular formula is C15H17BrO3. The van der Waals surface area contributed by atoms with Crippen LogP contribution in [-0.4, -0.2) is 24.3 Å². The Kier molecular flexibility index (Phi) is 3.39. The van der Waals surface area contributed by atoms with E-state index < -0.39 is 11.4 Å². The van der Waals surface area contributed by atoms with Gasteiger partial charge < -0.3 is 9.84 Å². The van der Waals surface area contributed by atoms with Crippen LogP contribution in [0.3, 0.4) is 0 Å². The van der Waals surface area contributed by atoms with E-state index in [0.29, 0.717) is 5.92 Å². The lowest BCUT2D eigenvalue weighted by molar-refractivity contribution is -0.147. The monoisotopic (exact) mass is 324 g/mol. The second kappa shape index (κ2) is 4.91. The third kappa shape index (κ3) is 2.11. The van der Waals surface area contributed by atoms with Gasteiger partial charge in [-0.25, -0.2) is 0 Å². The summed E-state index contributed by atoms with van der Waals surface area (Å²) >= 11 is 3.60. The molecule has 1 unspecified atom stereocenters. The van der Waals surface area contributed by atoms with E-state index >= 15 is 0 Å². The van der Waals surface area contributed by atoms with Crippen molar-refractivity contribution in [3.05, 3.63) is 33.8 Å². The van der Waals surface area contributed by atoms with Crippen LogP contribution in [0.2, 0.25) is 0 Å². The Morgan fingerprint density at radius 1 is 1.42 bits per heavy atom. The van der Waals surface area contributed by atoms with E-state index in [-0.39, 0.29) is 0 Å². The highest BCUT2D eigenvalue weighted by Crippen LogP contribution is 2.45. The van der Waals surface area contributed by atoms with E-state index in [1.807, 2.05) is 12.1 Å². The van der Waals surface area contributed by atoms with Gasteiger partial charge in [0.05, 0.1) is 12.0 Å². The normalized spacial score (nSPS) is 25.0. The van der Waals surface area contributed by atoms with Gasteiger partial charge in [-0.2, -0.15) is 0 Å². The first kappa shape index (κ1) is 13.1. The van der Waals surface area contributed by atoms with E-state index in [1.165, 1.54) is 5.56 Å². The first-order chi connectivity index (χ1) is 9.13. The maximum atomic E-state index is 11.5. The number of rotatable bonds is 3. The average molecular weight is 325 g/mol. The summed E-state index contributed by atoms with van der Waals surface area (Å²) in [4.78, 5) is 11.5. The maximum absolute atomic E-state index is 11.5. The van der Waals surface area contributed by atoms with E-state index in [0.717, 1.165) is 48.9 Å². The highest BCUT2D eigenvalue weighted by atomic mass is 79.9. The van der Waals surface area contributed by atoms with Crippen LogP contribution in [0.25, 0.3) is 0 Å². The van der Waals surface area contributed by atoms with Gasteiger partial charge in [-0.15, -0.1) is 0 Å². The molecule has 0 aromatic heterocycles. The molecule has 1 heterocycles. The molecule has 0 amide bonds. The standard InChI is InChI=1S/C15H17BrO3/c16-13-8-11(15(14(17)18)5-1-6-15)2-3-12(13)10-4-7-19-9-10/h2-3,8,10H,1,4-7,9H2,(H,17,18). The number of benzene rings is 1. The van der Waals surface area contributed by atoms with Crippen molar-refractivity contribution in [3.63, 3.8) is 0 Å². The summed E-state index contributed by atoms with van der Waals surface area (Å²) in [6, 6.07) is 6.06. The molecule has 1 saturated heterocycles. The summed E-state index contributed by atoms with van der Waals surface area (Å²) in [6.07, 6.45) is 3.55. The Morgan fingerprint density at radius 3 is 2.68 bits per heavy atom. The third-order valence-corrected chi connectivity index (χ3v) is 5.23. The predicted octanol–water partition coefficient (Wildman–Crippen LogP) is 3.46. The molecule has 1 aliphatic heterocycles. The van der Waals surface area contributed by atoms with E-state index in [2.05, 4.69) is 22.0 Å². The molecule has 0 radical (unpaired) electrons. The topological polar surface area (TPSA) is 46.5 Å². The quantitative estimate of drug-likeness (QED) is 0.926. The SMILES string of the molecule is O=C(O)C1(c2ccc(C3CCOC3)c(Br)c2)CCC1. The minimum absolute atomic E-state index is 0.436. The number of ether oxygens (including phenoxy) is 1. The molecule has 1 N–H and O–H groups in total. The van der Waals surface area contributed by atoms with Crippen LogP contribution in [-0.2, 0) is 14.9 Å². The molecule has 102 valence electrons. The van der Waals surface area contributed by atoms with Crippen molar-refractivity contribution in [1.29, 1.82) is 0 Å². The Balaban J connectivity index is 1.92. The van der Waals surface area contributed by atoms with Gasteiger partial charge in [-0.3, -0.25) is 4.79 Å². The first-order valence-corrected chi connectivity index (χ1v) is 7.54. The van der Waals surface area contributed by atoms with Gasteiger partial charge in [0.25, 0.3) is 0 Å². The zero-order valence-corrected chi connectivity index (χ0v) is 12.3. The molecule has 4 heteroatoms. The minimum atomic E-state index is -0.692. The molecule has 1 aliphatic carbocycles. The number of hydrogen-bond acceptors (Lipinski definition) is 2. The van der Waals surface area contributed by atoms with Gasteiger partial charge in [-0.05, 0) is 36.5 Å². The summed E-state index contributed by atoms with van der Waals surface area (Å²) in [5.74, 6) is -0.256. The average Bonchev–Trinajstić information content (AvgIpc) is 2.80. The van der Waals surface area contributed by atoms with Crippen LogP contribution in [0.1, 0.15) is 42.7 Å². The number of carbonyl (C=O) groups is 1. The highest BCUT2D eigenvalue weighted by Gasteiger charge is 2.46. The molecule has 0 spiro atoms. The van der Waals surface area contributed by atoms with Crippen LogP contribution in [0, 0.1) is 0 Å². The second-order valence-electron chi connectivity index (χ2n) is 5.54. The van der Waals surface area contributed by atoms with Gasteiger partial charge in [0.1, 0.15) is 0 Å². The molecule has 1 atom stereocenters. The van der Waals surface area contributed by atoms with Crippen molar-refractivity contribution in [3.8, 4) is 0 Å². The lowest BCUT2D eigenvalue weighted by Gasteiger charge is -2.38. The molecule has 3 nitrogen and oxygen atoms in total. The summed E-state index contributed by atoms with van der Waals surface area (Å²) < 4.78 is 6.44. The third-order valence-electron chi connectivity index (χ3n) is 4.54. The van der Waals surface area contributed by atoms with Crippen molar-refractivity contribution in [1.82, 2.24) is 0 Å². The number of aliphatic carboxylic acids is 1. The Bertz CT molecular complexity index is 502. The maximum Gasteiger partial charge on any atom is 0.314 e. The summed E-state index contributed by atoms with van der Waals surface area (Å²) in [5, 5.41) is 9.47. The first-order valence-electron chi connectivity index (χ1n) is 6.74. The fourth-order valence-electron chi connectivity index (χ4n) is 3.09. The zero-order valence-electron chi connectivity index (χ0n) is 10.7. The van der Waals surface area contributed by atoms with E-state index in [4.69, 9.17) is 4.74 Å². The Labute approximate surface area is 121 Å². The van der Waals surface area contributed by atoms with Crippen LogP contribution in [0.5, 0.6) is 0 Å². The second-order valence-corrected chi connectivity index (χ2v) is 6.39. The lowest BCUT2D eigenvalue weighted by atomic mass is 9.64. The largest absolute Gasteiger partial charge is 0.481 e. The van der Waals surface area contributed by atoms with Crippen LogP contribution >= 0.6 is 15.9 Å². The number of carboxylic acids is 1. The molecule has 1 aromatic rings. The fraction of sp³-hybridized carbons (Fsp3) is 0.533. The van der Waals surface area contributed by atoms with Crippen molar-refractivity contribution >= 4 is 21.9 Å². The van der Waals surface area contributed by atoms with Crippen molar-refractivity contribution < 1.29 is 14.6 Å². The van der Waals surface area contributed by atoms with Crippen LogP contribution in [0.4, 0.5) is 0 Å². The van der Waals surface area contributed by atoms with E-state index in [1.54, 1.807) is 0 Å². The number of hydrogen-bond donors (Lipinski definition) is 1. The molecule has 2 aliphatic rings. The Morgan fingerprint density at radius 2 is 2.21 bits per heavy atom. The van der Waals surface area contributed by atoms with Gasteiger partial charge >= 0.3 is 5.97 Å². The van der Waals surface area contributed by atoms with Gasteiger partial charge in [0.2, 0.25) is 0 Å². The van der Waals surface area contributed by atoms with Crippen molar-refractivity contribution in [2.45, 2.75) is 37.0 Å². The Hall–Kier alpha value is -0.870. The lowest BCUT2D eigenvalue weighted by Crippen LogP contribution is -2.42. The summed E-state index contributed by atoms with van der Waals surface area (Å²) in [6.45, 7) is 1.58. The molecule has 19 heavy (non-hydrogen) atoms. The molecule has 2 fully saturated rings. The molecule has 0 bridgehead atoms. The van der Waals surface area contributed by atoms with Crippen molar-refractivity contribution in [2.24, 2.45) is 0 Å². The van der Waals surface area contributed by atoms with Gasteiger partial charge in [0, 0.05) is 17.0 Å². The smallest absolute Gasteiger partial charge is 0.314 e. The predicted molar refractivity (Wildman–Crippen MR) is 75.5 cm³/mol. The minimum Gasteiger partial charge on any atom is -0.481 e. The van der Waals surface area contributed by atoms with Gasteiger partial charge in [0.15, 0.2) is 0 Å². The number of halogens is 1. The van der Waals surface area contributed by atoms with Crippen LogP contribution in [0.15, 0.2) is 22.7 Å². The molecule has 3 rings (SSSR count). The summed E-state index contributed by atoms with van der Waals surface area (Å²) in [7, 11) is 0. The zero-order chi connectivity index (χ0) is 13.5. The van der Waals surface area contributed by atoms with Crippen LogP contribution < -0.4 is 0 Å². The van der Waals surface area contributed by atoms with Crippen molar-refractivity contribution in [2.75, 3.05) is 13.2 Å². The van der Waals surface area contributed by atoms with Gasteiger partial charge in [-0.1, -0.05) is 34.5 Å². The molecular weight excluding hydrogens is 308 g/mol. The fourth-order valence-corrected chi connectivity index (χ4v) is 3.79.